The minimum Gasteiger partial charge on any atom is -0.465 e. The fraction of sp³-hybridized carbons (Fsp3) is 0.400. The van der Waals surface area contributed by atoms with E-state index in [0.717, 1.165) is 0 Å². The Kier molecular flexibility index (Phi) is 4.67. The molecular weight excluding hydrogens is 275 g/mol. The summed E-state index contributed by atoms with van der Waals surface area (Å²) in [5.41, 5.74) is 0.235. The SMILES string of the molecule is CCOC(=O)C(c1nc(-c2ccccc2F)no1)C(C)C. The minimum absolute atomic E-state index is 0.0713. The highest BCUT2D eigenvalue weighted by Gasteiger charge is 2.31. The van der Waals surface area contributed by atoms with Gasteiger partial charge >= 0.3 is 5.97 Å². The average molecular weight is 292 g/mol. The van der Waals surface area contributed by atoms with Crippen LogP contribution in [0.2, 0.25) is 0 Å². The maximum atomic E-state index is 13.7. The summed E-state index contributed by atoms with van der Waals surface area (Å²) in [6.07, 6.45) is 0. The second-order valence-electron chi connectivity index (χ2n) is 4.91. The van der Waals surface area contributed by atoms with Gasteiger partial charge in [0.2, 0.25) is 11.7 Å². The van der Waals surface area contributed by atoms with E-state index in [0.29, 0.717) is 0 Å². The van der Waals surface area contributed by atoms with E-state index in [2.05, 4.69) is 10.1 Å². The summed E-state index contributed by atoms with van der Waals surface area (Å²) in [6, 6.07) is 6.13. The molecule has 0 saturated heterocycles. The number of rotatable bonds is 5. The van der Waals surface area contributed by atoms with E-state index in [9.17, 15) is 9.18 Å². The molecule has 0 amide bonds. The van der Waals surface area contributed by atoms with Crippen molar-refractivity contribution in [2.45, 2.75) is 26.7 Å². The molecule has 112 valence electrons. The molecule has 6 heteroatoms. The standard InChI is InChI=1S/C15H17FN2O3/c1-4-20-15(19)12(9(2)3)14-17-13(18-21-14)10-7-5-6-8-11(10)16/h5-9,12H,4H2,1-3H3. The van der Waals surface area contributed by atoms with Gasteiger partial charge in [-0.25, -0.2) is 4.39 Å². The molecule has 1 unspecified atom stereocenters. The zero-order valence-electron chi connectivity index (χ0n) is 12.2. The number of benzene rings is 1. The largest absolute Gasteiger partial charge is 0.465 e. The van der Waals surface area contributed by atoms with Crippen molar-refractivity contribution in [3.8, 4) is 11.4 Å². The molecule has 0 aliphatic carbocycles. The molecule has 1 aromatic carbocycles. The first kappa shape index (κ1) is 15.2. The summed E-state index contributed by atoms with van der Waals surface area (Å²) in [4.78, 5) is 16.1. The van der Waals surface area contributed by atoms with Gasteiger partial charge in [0, 0.05) is 0 Å². The van der Waals surface area contributed by atoms with Crippen molar-refractivity contribution >= 4 is 5.97 Å². The Balaban J connectivity index is 2.33. The summed E-state index contributed by atoms with van der Waals surface area (Å²) in [5.74, 6) is -1.32. The number of esters is 1. The lowest BCUT2D eigenvalue weighted by Gasteiger charge is -2.14. The molecule has 2 aromatic rings. The van der Waals surface area contributed by atoms with Crippen molar-refractivity contribution in [3.05, 3.63) is 36.0 Å². The topological polar surface area (TPSA) is 65.2 Å². The number of halogens is 1. The van der Waals surface area contributed by atoms with Crippen LogP contribution < -0.4 is 0 Å². The molecule has 0 radical (unpaired) electrons. The smallest absolute Gasteiger partial charge is 0.318 e. The number of carbonyl (C=O) groups excluding carboxylic acids is 1. The molecule has 0 aliphatic rings. The number of nitrogens with zero attached hydrogens (tertiary/aromatic N) is 2. The van der Waals surface area contributed by atoms with Crippen molar-refractivity contribution in [1.82, 2.24) is 10.1 Å². The van der Waals surface area contributed by atoms with E-state index in [1.165, 1.54) is 6.07 Å². The first-order valence-corrected chi connectivity index (χ1v) is 6.79. The summed E-state index contributed by atoms with van der Waals surface area (Å²) in [5, 5.41) is 3.76. The van der Waals surface area contributed by atoms with E-state index in [-0.39, 0.29) is 29.8 Å². The lowest BCUT2D eigenvalue weighted by Crippen LogP contribution is -2.21. The average Bonchev–Trinajstić information content (AvgIpc) is 2.88. The predicted molar refractivity (Wildman–Crippen MR) is 73.9 cm³/mol. The monoisotopic (exact) mass is 292 g/mol. The summed E-state index contributed by atoms with van der Waals surface area (Å²) in [6.45, 7) is 5.72. The fourth-order valence-corrected chi connectivity index (χ4v) is 2.00. The Bertz CT molecular complexity index is 625. The van der Waals surface area contributed by atoms with Crippen LogP contribution in [-0.2, 0) is 9.53 Å². The Labute approximate surface area is 122 Å². The summed E-state index contributed by atoms with van der Waals surface area (Å²) < 4.78 is 23.9. The van der Waals surface area contributed by atoms with E-state index >= 15 is 0 Å². The second-order valence-corrected chi connectivity index (χ2v) is 4.91. The molecule has 0 bridgehead atoms. The number of hydrogen-bond donors (Lipinski definition) is 0. The molecule has 2 rings (SSSR count). The van der Waals surface area contributed by atoms with Gasteiger partial charge in [-0.2, -0.15) is 4.98 Å². The number of aromatic nitrogens is 2. The van der Waals surface area contributed by atoms with Gasteiger partial charge < -0.3 is 9.26 Å². The molecule has 0 saturated carbocycles. The number of ether oxygens (including phenoxy) is 1. The zero-order chi connectivity index (χ0) is 15.4. The second kappa shape index (κ2) is 6.47. The first-order chi connectivity index (χ1) is 10.0. The Morgan fingerprint density at radius 3 is 2.71 bits per heavy atom. The molecule has 0 aliphatic heterocycles. The van der Waals surface area contributed by atoms with E-state index in [1.807, 2.05) is 13.8 Å². The third-order valence-electron chi connectivity index (χ3n) is 3.03. The maximum Gasteiger partial charge on any atom is 0.318 e. The van der Waals surface area contributed by atoms with Gasteiger partial charge in [0.1, 0.15) is 11.7 Å². The van der Waals surface area contributed by atoms with E-state index in [1.54, 1.807) is 25.1 Å². The number of carbonyl (C=O) groups is 1. The van der Waals surface area contributed by atoms with Gasteiger partial charge in [0.15, 0.2) is 0 Å². The Morgan fingerprint density at radius 2 is 2.10 bits per heavy atom. The molecular formula is C15H17FN2O3. The summed E-state index contributed by atoms with van der Waals surface area (Å²) in [7, 11) is 0. The molecule has 0 fully saturated rings. The van der Waals surface area contributed by atoms with Crippen LogP contribution in [0.25, 0.3) is 11.4 Å². The van der Waals surface area contributed by atoms with Crippen molar-refractivity contribution in [3.63, 3.8) is 0 Å². The lowest BCUT2D eigenvalue weighted by atomic mass is 9.96. The number of hydrogen-bond acceptors (Lipinski definition) is 5. The van der Waals surface area contributed by atoms with Crippen LogP contribution in [0.1, 0.15) is 32.6 Å². The van der Waals surface area contributed by atoms with Crippen LogP contribution >= 0.6 is 0 Å². The van der Waals surface area contributed by atoms with E-state index in [4.69, 9.17) is 9.26 Å². The van der Waals surface area contributed by atoms with E-state index < -0.39 is 17.7 Å². The third-order valence-corrected chi connectivity index (χ3v) is 3.03. The van der Waals surface area contributed by atoms with Crippen LogP contribution in [0.3, 0.4) is 0 Å². The van der Waals surface area contributed by atoms with Crippen molar-refractivity contribution in [2.24, 2.45) is 5.92 Å². The van der Waals surface area contributed by atoms with Gasteiger partial charge in [-0.3, -0.25) is 4.79 Å². The normalized spacial score (nSPS) is 12.4. The maximum absolute atomic E-state index is 13.7. The first-order valence-electron chi connectivity index (χ1n) is 6.79. The molecule has 1 aromatic heterocycles. The van der Waals surface area contributed by atoms with Gasteiger partial charge in [-0.1, -0.05) is 31.1 Å². The molecule has 1 heterocycles. The minimum atomic E-state index is -0.655. The van der Waals surface area contributed by atoms with Gasteiger partial charge in [0.25, 0.3) is 0 Å². The van der Waals surface area contributed by atoms with Crippen LogP contribution in [0.4, 0.5) is 4.39 Å². The van der Waals surface area contributed by atoms with Crippen LogP contribution in [0.15, 0.2) is 28.8 Å². The zero-order valence-corrected chi connectivity index (χ0v) is 12.2. The van der Waals surface area contributed by atoms with Crippen molar-refractivity contribution in [2.75, 3.05) is 6.61 Å². The van der Waals surface area contributed by atoms with Gasteiger partial charge in [-0.05, 0) is 25.0 Å². The van der Waals surface area contributed by atoms with Gasteiger partial charge in [-0.15, -0.1) is 0 Å². The third kappa shape index (κ3) is 3.26. The quantitative estimate of drug-likeness (QED) is 0.792. The Hall–Kier alpha value is -2.24. The molecule has 1 atom stereocenters. The summed E-state index contributed by atoms with van der Waals surface area (Å²) >= 11 is 0. The van der Waals surface area contributed by atoms with Crippen molar-refractivity contribution in [1.29, 1.82) is 0 Å². The predicted octanol–water partition coefficient (Wildman–Crippen LogP) is 3.18. The highest BCUT2D eigenvalue weighted by molar-refractivity contribution is 5.77. The van der Waals surface area contributed by atoms with Gasteiger partial charge in [0.05, 0.1) is 12.2 Å². The molecule has 21 heavy (non-hydrogen) atoms. The molecule has 5 nitrogen and oxygen atoms in total. The van der Waals surface area contributed by atoms with Crippen LogP contribution in [0, 0.1) is 11.7 Å². The fourth-order valence-electron chi connectivity index (χ4n) is 2.00. The highest BCUT2D eigenvalue weighted by atomic mass is 19.1. The van der Waals surface area contributed by atoms with Crippen molar-refractivity contribution < 1.29 is 18.4 Å². The van der Waals surface area contributed by atoms with Crippen LogP contribution in [-0.4, -0.2) is 22.7 Å². The lowest BCUT2D eigenvalue weighted by molar-refractivity contribution is -0.146. The Morgan fingerprint density at radius 1 is 1.38 bits per heavy atom. The van der Waals surface area contributed by atoms with Crippen LogP contribution in [0.5, 0.6) is 0 Å². The highest BCUT2D eigenvalue weighted by Crippen LogP contribution is 2.27. The molecule has 0 spiro atoms. The molecule has 0 N–H and O–H groups in total.